The Morgan fingerprint density at radius 1 is 1.56 bits per heavy atom. The molecule has 1 saturated carbocycles. The summed E-state index contributed by atoms with van der Waals surface area (Å²) >= 11 is 0. The van der Waals surface area contributed by atoms with Crippen LogP contribution in [0.1, 0.15) is 28.9 Å². The normalized spacial score (nSPS) is 14.7. The molecule has 2 aromatic heterocycles. The number of nitrogens with zero attached hydrogens (tertiary/aromatic N) is 3. The van der Waals surface area contributed by atoms with Gasteiger partial charge in [-0.1, -0.05) is 0 Å². The summed E-state index contributed by atoms with van der Waals surface area (Å²) in [5.74, 6) is 0.595. The molecule has 1 aliphatic rings. The first-order chi connectivity index (χ1) is 8.69. The van der Waals surface area contributed by atoms with Gasteiger partial charge in [0, 0.05) is 17.7 Å². The minimum atomic E-state index is -0.00146. The Bertz CT molecular complexity index is 643. The molecule has 1 aliphatic carbocycles. The number of rotatable bonds is 3. The van der Waals surface area contributed by atoms with E-state index >= 15 is 0 Å². The fourth-order valence-electron chi connectivity index (χ4n) is 1.85. The number of hydrogen-bond donors (Lipinski definition) is 1. The average molecular weight is 244 g/mol. The van der Waals surface area contributed by atoms with Gasteiger partial charge in [0.2, 0.25) is 5.91 Å². The van der Waals surface area contributed by atoms with Crippen molar-refractivity contribution in [3.63, 3.8) is 0 Å². The second kappa shape index (κ2) is 3.90. The number of anilines is 1. The van der Waals surface area contributed by atoms with Crippen molar-refractivity contribution >= 4 is 23.7 Å². The number of aldehydes is 1. The van der Waals surface area contributed by atoms with E-state index < -0.39 is 0 Å². The summed E-state index contributed by atoms with van der Waals surface area (Å²) in [6.45, 7) is 1.85. The first kappa shape index (κ1) is 10.9. The third-order valence-corrected chi connectivity index (χ3v) is 3.00. The second-order valence-corrected chi connectivity index (χ2v) is 4.50. The molecule has 0 aromatic carbocycles. The van der Waals surface area contributed by atoms with Gasteiger partial charge >= 0.3 is 0 Å². The Kier molecular flexibility index (Phi) is 2.36. The van der Waals surface area contributed by atoms with Gasteiger partial charge in [-0.25, -0.2) is 9.50 Å². The van der Waals surface area contributed by atoms with Gasteiger partial charge < -0.3 is 5.32 Å². The Hall–Kier alpha value is -2.24. The molecule has 6 nitrogen and oxygen atoms in total. The van der Waals surface area contributed by atoms with Crippen molar-refractivity contribution in [3.8, 4) is 0 Å². The lowest BCUT2D eigenvalue weighted by Crippen LogP contribution is -2.15. The fourth-order valence-corrected chi connectivity index (χ4v) is 1.85. The van der Waals surface area contributed by atoms with Crippen LogP contribution in [-0.4, -0.2) is 26.8 Å². The van der Waals surface area contributed by atoms with E-state index in [2.05, 4.69) is 15.4 Å². The van der Waals surface area contributed by atoms with E-state index in [0.717, 1.165) is 18.5 Å². The van der Waals surface area contributed by atoms with E-state index in [4.69, 9.17) is 0 Å². The zero-order valence-electron chi connectivity index (χ0n) is 9.88. The number of amides is 1. The fraction of sp³-hybridized carbons (Fsp3) is 0.333. The maximum atomic E-state index is 11.7. The van der Waals surface area contributed by atoms with Gasteiger partial charge in [-0.15, -0.1) is 0 Å². The highest BCUT2D eigenvalue weighted by atomic mass is 16.2. The predicted molar refractivity (Wildman–Crippen MR) is 64.5 cm³/mol. The molecule has 2 heterocycles. The van der Waals surface area contributed by atoms with E-state index in [1.54, 1.807) is 10.6 Å². The summed E-state index contributed by atoms with van der Waals surface area (Å²) in [4.78, 5) is 26.8. The van der Waals surface area contributed by atoms with Gasteiger partial charge in [-0.3, -0.25) is 9.59 Å². The first-order valence-corrected chi connectivity index (χ1v) is 5.80. The van der Waals surface area contributed by atoms with Crippen molar-refractivity contribution in [2.75, 3.05) is 5.32 Å². The Morgan fingerprint density at radius 2 is 2.33 bits per heavy atom. The highest BCUT2D eigenvalue weighted by molar-refractivity contribution is 5.93. The smallest absolute Gasteiger partial charge is 0.228 e. The first-order valence-electron chi connectivity index (χ1n) is 5.80. The topological polar surface area (TPSA) is 76.4 Å². The lowest BCUT2D eigenvalue weighted by molar-refractivity contribution is -0.117. The Balaban J connectivity index is 2.01. The molecule has 0 radical (unpaired) electrons. The summed E-state index contributed by atoms with van der Waals surface area (Å²) in [6.07, 6.45) is 4.06. The zero-order chi connectivity index (χ0) is 12.7. The molecule has 0 spiro atoms. The molecule has 0 atom stereocenters. The average Bonchev–Trinajstić information content (AvgIpc) is 3.10. The van der Waals surface area contributed by atoms with Crippen LogP contribution in [-0.2, 0) is 4.79 Å². The SMILES string of the molecule is Cc1cc(NC(=O)C2CC2)nc2c(C=O)cnn12. The molecule has 2 aromatic rings. The minimum Gasteiger partial charge on any atom is -0.310 e. The maximum absolute atomic E-state index is 11.7. The molecule has 1 N–H and O–H groups in total. The molecule has 0 aliphatic heterocycles. The van der Waals surface area contributed by atoms with Crippen molar-refractivity contribution in [3.05, 3.63) is 23.5 Å². The van der Waals surface area contributed by atoms with Crippen molar-refractivity contribution in [1.29, 1.82) is 0 Å². The number of carbonyl (C=O) groups excluding carboxylic acids is 2. The van der Waals surface area contributed by atoms with E-state index in [-0.39, 0.29) is 11.8 Å². The van der Waals surface area contributed by atoms with Crippen molar-refractivity contribution in [1.82, 2.24) is 14.6 Å². The number of carbonyl (C=O) groups is 2. The summed E-state index contributed by atoms with van der Waals surface area (Å²) in [7, 11) is 0. The summed E-state index contributed by atoms with van der Waals surface area (Å²) in [5, 5.41) is 6.84. The monoisotopic (exact) mass is 244 g/mol. The van der Waals surface area contributed by atoms with Crippen molar-refractivity contribution in [2.24, 2.45) is 5.92 Å². The largest absolute Gasteiger partial charge is 0.310 e. The number of hydrogen-bond acceptors (Lipinski definition) is 4. The Labute approximate surface area is 103 Å². The van der Waals surface area contributed by atoms with E-state index in [0.29, 0.717) is 23.3 Å². The molecule has 3 rings (SSSR count). The van der Waals surface area contributed by atoms with Crippen LogP contribution < -0.4 is 5.32 Å². The lowest BCUT2D eigenvalue weighted by Gasteiger charge is -2.06. The molecule has 92 valence electrons. The van der Waals surface area contributed by atoms with E-state index in [9.17, 15) is 9.59 Å². The van der Waals surface area contributed by atoms with Gasteiger partial charge in [-0.2, -0.15) is 5.10 Å². The van der Waals surface area contributed by atoms with Crippen LogP contribution in [0.25, 0.3) is 5.65 Å². The highest BCUT2D eigenvalue weighted by Gasteiger charge is 2.29. The highest BCUT2D eigenvalue weighted by Crippen LogP contribution is 2.30. The van der Waals surface area contributed by atoms with Crippen molar-refractivity contribution in [2.45, 2.75) is 19.8 Å². The third-order valence-electron chi connectivity index (χ3n) is 3.00. The second-order valence-electron chi connectivity index (χ2n) is 4.50. The van der Waals surface area contributed by atoms with Gasteiger partial charge in [0.1, 0.15) is 5.82 Å². The van der Waals surface area contributed by atoms with Gasteiger partial charge in [-0.05, 0) is 19.8 Å². The predicted octanol–water partition coefficient (Wildman–Crippen LogP) is 1.20. The minimum absolute atomic E-state index is 0.00146. The van der Waals surface area contributed by atoms with Crippen LogP contribution in [0.5, 0.6) is 0 Å². The lowest BCUT2D eigenvalue weighted by atomic mass is 10.3. The van der Waals surface area contributed by atoms with Crippen LogP contribution in [0.15, 0.2) is 12.3 Å². The molecule has 0 saturated heterocycles. The molecular formula is C12H12N4O2. The van der Waals surface area contributed by atoms with Crippen LogP contribution in [0.4, 0.5) is 5.82 Å². The third kappa shape index (κ3) is 1.75. The van der Waals surface area contributed by atoms with Gasteiger partial charge in [0.15, 0.2) is 11.9 Å². The zero-order valence-corrected chi connectivity index (χ0v) is 9.88. The van der Waals surface area contributed by atoms with Crippen LogP contribution in [0.3, 0.4) is 0 Å². The molecule has 1 amide bonds. The molecule has 18 heavy (non-hydrogen) atoms. The number of aromatic nitrogens is 3. The molecule has 1 fully saturated rings. The molecule has 0 bridgehead atoms. The van der Waals surface area contributed by atoms with Gasteiger partial charge in [0.05, 0.1) is 11.8 Å². The van der Waals surface area contributed by atoms with Crippen LogP contribution >= 0.6 is 0 Å². The van der Waals surface area contributed by atoms with Crippen LogP contribution in [0, 0.1) is 12.8 Å². The maximum Gasteiger partial charge on any atom is 0.228 e. The Morgan fingerprint density at radius 3 is 3.00 bits per heavy atom. The summed E-state index contributed by atoms with van der Waals surface area (Å²) < 4.78 is 1.58. The number of fused-ring (bicyclic) bond motifs is 1. The number of nitrogens with one attached hydrogen (secondary N) is 1. The quantitative estimate of drug-likeness (QED) is 0.823. The standard InChI is InChI=1S/C12H12N4O2/c1-7-4-10(15-12(18)8-2-3-8)14-11-9(6-17)5-13-16(7)11/h4-6,8H,2-3H2,1H3,(H,14,15,18). The number of aryl methyl sites for hydroxylation is 1. The van der Waals surface area contributed by atoms with E-state index in [1.807, 2.05) is 6.92 Å². The van der Waals surface area contributed by atoms with Crippen LogP contribution in [0.2, 0.25) is 0 Å². The molecule has 6 heteroatoms. The van der Waals surface area contributed by atoms with E-state index in [1.165, 1.54) is 6.20 Å². The molecular weight excluding hydrogens is 232 g/mol. The van der Waals surface area contributed by atoms with Crippen molar-refractivity contribution < 1.29 is 9.59 Å². The summed E-state index contributed by atoms with van der Waals surface area (Å²) in [6, 6.07) is 1.74. The molecule has 0 unspecified atom stereocenters. The summed E-state index contributed by atoms with van der Waals surface area (Å²) in [5.41, 5.74) is 1.70. The van der Waals surface area contributed by atoms with Gasteiger partial charge in [0.25, 0.3) is 0 Å².